The first kappa shape index (κ1) is 24.0. The smallest absolute Gasteiger partial charge is 0.103 e. The summed E-state index contributed by atoms with van der Waals surface area (Å²) in [6, 6.07) is 48.2. The Morgan fingerprint density at radius 1 is 0.571 bits per heavy atom. The lowest BCUT2D eigenvalue weighted by molar-refractivity contribution is 1.13. The van der Waals surface area contributed by atoms with Crippen LogP contribution in [0.4, 0.5) is 5.69 Å². The lowest BCUT2D eigenvalue weighted by Gasteiger charge is -2.14. The second kappa shape index (κ2) is 9.45. The largest absolute Gasteiger partial charge is 0.368 e. The molecule has 1 unspecified atom stereocenters. The van der Waals surface area contributed by atoms with Crippen LogP contribution in [0.3, 0.4) is 0 Å². The maximum absolute atomic E-state index is 5.26. The van der Waals surface area contributed by atoms with Crippen LogP contribution in [0.5, 0.6) is 0 Å². The number of hydrogen-bond donors (Lipinski definition) is 1. The predicted octanol–water partition coefficient (Wildman–Crippen LogP) is 11.3. The molecular formula is C38H24N2S2. The fourth-order valence-electron chi connectivity index (χ4n) is 6.30. The van der Waals surface area contributed by atoms with Crippen LogP contribution in [0, 0.1) is 0 Å². The lowest BCUT2D eigenvalue weighted by atomic mass is 9.95. The first-order valence-electron chi connectivity index (χ1n) is 14.2. The van der Waals surface area contributed by atoms with Gasteiger partial charge in [0.2, 0.25) is 0 Å². The summed E-state index contributed by atoms with van der Waals surface area (Å²) in [7, 11) is 0. The monoisotopic (exact) mass is 572 g/mol. The van der Waals surface area contributed by atoms with Gasteiger partial charge < -0.3 is 5.32 Å². The highest BCUT2D eigenvalue weighted by Gasteiger charge is 2.23. The molecule has 0 amide bonds. The van der Waals surface area contributed by atoms with Gasteiger partial charge in [0.15, 0.2) is 0 Å². The van der Waals surface area contributed by atoms with E-state index in [1.165, 1.54) is 63.6 Å². The second-order valence-corrected chi connectivity index (χ2v) is 13.0. The van der Waals surface area contributed by atoms with E-state index < -0.39 is 0 Å². The van der Waals surface area contributed by atoms with Gasteiger partial charge in [0.05, 0.1) is 11.2 Å². The third kappa shape index (κ3) is 3.76. The zero-order chi connectivity index (χ0) is 27.6. The summed E-state index contributed by atoms with van der Waals surface area (Å²) in [6.45, 7) is 0. The predicted molar refractivity (Wildman–Crippen MR) is 182 cm³/mol. The number of hydrogen-bond acceptors (Lipinski definition) is 4. The molecule has 0 saturated heterocycles. The number of nitrogens with one attached hydrogen (secondary N) is 1. The van der Waals surface area contributed by atoms with Crippen LogP contribution in [0.15, 0.2) is 138 Å². The van der Waals surface area contributed by atoms with Gasteiger partial charge in [-0.15, -0.1) is 11.3 Å². The quantitative estimate of drug-likeness (QED) is 0.213. The van der Waals surface area contributed by atoms with Crippen LogP contribution < -0.4 is 5.32 Å². The molecule has 0 radical (unpaired) electrons. The van der Waals surface area contributed by atoms with E-state index in [2.05, 4.69) is 139 Å². The topological polar surface area (TPSA) is 24.9 Å². The van der Waals surface area contributed by atoms with Crippen LogP contribution in [-0.2, 0) is 0 Å². The molecule has 2 aromatic heterocycles. The molecule has 1 aliphatic rings. The van der Waals surface area contributed by atoms with Gasteiger partial charge in [-0.2, -0.15) is 0 Å². The van der Waals surface area contributed by atoms with Crippen molar-refractivity contribution in [3.05, 3.63) is 139 Å². The number of anilines is 1. The van der Waals surface area contributed by atoms with E-state index in [9.17, 15) is 0 Å². The molecule has 1 N–H and O–H groups in total. The third-order valence-corrected chi connectivity index (χ3v) is 10.7. The van der Waals surface area contributed by atoms with Gasteiger partial charge in [-0.05, 0) is 53.1 Å². The number of benzene rings is 6. The Balaban J connectivity index is 1.20. The van der Waals surface area contributed by atoms with Crippen LogP contribution >= 0.6 is 23.1 Å². The molecule has 0 saturated carbocycles. The molecule has 9 rings (SSSR count). The molecule has 0 fully saturated rings. The summed E-state index contributed by atoms with van der Waals surface area (Å²) < 4.78 is 2.65. The summed E-state index contributed by atoms with van der Waals surface area (Å²) in [5, 5.41) is 10.2. The Hall–Kier alpha value is -4.64. The number of pyridine rings is 1. The van der Waals surface area contributed by atoms with Crippen molar-refractivity contribution in [3.8, 4) is 22.4 Å². The van der Waals surface area contributed by atoms with Crippen LogP contribution in [0.25, 0.3) is 64.2 Å². The molecule has 4 heteroatoms. The number of para-hydroxylation sites is 2. The van der Waals surface area contributed by atoms with E-state index in [0.717, 1.165) is 16.8 Å². The Kier molecular flexibility index (Phi) is 5.40. The highest BCUT2D eigenvalue weighted by Crippen LogP contribution is 2.47. The number of rotatable bonds is 3. The van der Waals surface area contributed by atoms with Gasteiger partial charge in [-0.1, -0.05) is 109 Å². The molecule has 2 nitrogen and oxygen atoms in total. The van der Waals surface area contributed by atoms with Crippen molar-refractivity contribution in [2.75, 3.05) is 5.32 Å². The fourth-order valence-corrected chi connectivity index (χ4v) is 8.70. The van der Waals surface area contributed by atoms with Gasteiger partial charge in [0, 0.05) is 52.5 Å². The molecule has 0 spiro atoms. The first-order valence-corrected chi connectivity index (χ1v) is 15.9. The Labute approximate surface area is 251 Å². The van der Waals surface area contributed by atoms with Gasteiger partial charge in [0.25, 0.3) is 0 Å². The van der Waals surface area contributed by atoms with E-state index in [1.54, 1.807) is 0 Å². The van der Waals surface area contributed by atoms with E-state index >= 15 is 0 Å². The summed E-state index contributed by atoms with van der Waals surface area (Å²) in [5.74, 6) is 0. The van der Waals surface area contributed by atoms with Crippen molar-refractivity contribution in [3.63, 3.8) is 0 Å². The van der Waals surface area contributed by atoms with Gasteiger partial charge in [-0.3, -0.25) is 0 Å². The van der Waals surface area contributed by atoms with Crippen LogP contribution in [0.2, 0.25) is 0 Å². The normalized spacial score (nSPS) is 14.5. The zero-order valence-electron chi connectivity index (χ0n) is 22.5. The molecule has 8 aromatic rings. The van der Waals surface area contributed by atoms with Crippen LogP contribution in [0.1, 0.15) is 10.9 Å². The Bertz CT molecular complexity index is 2310. The van der Waals surface area contributed by atoms with Gasteiger partial charge in [0.1, 0.15) is 5.37 Å². The van der Waals surface area contributed by atoms with Gasteiger partial charge >= 0.3 is 0 Å². The highest BCUT2D eigenvalue weighted by atomic mass is 32.2. The van der Waals surface area contributed by atoms with E-state index in [0.29, 0.717) is 0 Å². The molecule has 6 aromatic carbocycles. The minimum Gasteiger partial charge on any atom is -0.368 e. The molecular weight excluding hydrogens is 549 g/mol. The van der Waals surface area contributed by atoms with Crippen molar-refractivity contribution in [1.29, 1.82) is 0 Å². The molecule has 3 heterocycles. The number of fused-ring (bicyclic) bond motifs is 8. The molecule has 198 valence electrons. The Morgan fingerprint density at radius 3 is 2.24 bits per heavy atom. The summed E-state index contributed by atoms with van der Waals surface area (Å²) in [5.41, 5.74) is 8.09. The Morgan fingerprint density at radius 2 is 1.31 bits per heavy atom. The van der Waals surface area contributed by atoms with Crippen molar-refractivity contribution in [2.24, 2.45) is 0 Å². The molecule has 1 aliphatic heterocycles. The third-order valence-electron chi connectivity index (χ3n) is 8.28. The maximum Gasteiger partial charge on any atom is 0.103 e. The standard InChI is InChI=1S/C38H24N2S2/c1-3-15-31-29(14-1)35-30(20-19-28-27-13-2-5-17-33(27)41-37(28)35)36(39-31)25-11-7-9-23(21-25)24-10-8-12-26(22-24)38-40-32-16-4-6-18-34(32)42-38/h1-22,38,40H. The number of thiophene rings is 1. The van der Waals surface area contributed by atoms with Crippen molar-refractivity contribution in [2.45, 2.75) is 10.3 Å². The highest BCUT2D eigenvalue weighted by molar-refractivity contribution is 8.00. The number of nitrogens with zero attached hydrogens (tertiary/aromatic N) is 1. The van der Waals surface area contributed by atoms with Crippen molar-refractivity contribution in [1.82, 2.24) is 4.98 Å². The average Bonchev–Trinajstić information content (AvgIpc) is 3.66. The van der Waals surface area contributed by atoms with Gasteiger partial charge in [-0.25, -0.2) is 4.98 Å². The molecule has 42 heavy (non-hydrogen) atoms. The lowest BCUT2D eigenvalue weighted by Crippen LogP contribution is -2.01. The average molecular weight is 573 g/mol. The molecule has 0 bridgehead atoms. The van der Waals surface area contributed by atoms with Crippen LogP contribution in [-0.4, -0.2) is 4.98 Å². The number of aromatic nitrogens is 1. The SMILES string of the molecule is c1cc(-c2cccc(C3Nc4ccccc4S3)c2)cc(-c2nc3ccccc3c3c2ccc2c4ccccc4sc23)c1. The summed E-state index contributed by atoms with van der Waals surface area (Å²) >= 11 is 3.76. The second-order valence-electron chi connectivity index (χ2n) is 10.8. The fraction of sp³-hybridized carbons (Fsp3) is 0.0263. The van der Waals surface area contributed by atoms with E-state index in [1.807, 2.05) is 23.1 Å². The first-order chi connectivity index (χ1) is 20.8. The van der Waals surface area contributed by atoms with Crippen molar-refractivity contribution >= 4 is 70.6 Å². The summed E-state index contributed by atoms with van der Waals surface area (Å²) in [6.07, 6.45) is 0. The minimum absolute atomic E-state index is 0.209. The van der Waals surface area contributed by atoms with E-state index in [-0.39, 0.29) is 5.37 Å². The van der Waals surface area contributed by atoms with Crippen molar-refractivity contribution < 1.29 is 0 Å². The maximum atomic E-state index is 5.26. The molecule has 0 aliphatic carbocycles. The summed E-state index contributed by atoms with van der Waals surface area (Å²) in [4.78, 5) is 6.57. The molecule has 1 atom stereocenters. The minimum atomic E-state index is 0.209. The number of thioether (sulfide) groups is 1. The van der Waals surface area contributed by atoms with E-state index in [4.69, 9.17) is 4.98 Å². The zero-order valence-corrected chi connectivity index (χ0v) is 24.2.